The summed E-state index contributed by atoms with van der Waals surface area (Å²) < 4.78 is 0. The second-order valence-corrected chi connectivity index (χ2v) is 6.83. The van der Waals surface area contributed by atoms with E-state index in [2.05, 4.69) is 51.7 Å². The van der Waals surface area contributed by atoms with E-state index < -0.39 is 0 Å². The molecule has 1 aliphatic heterocycles. The molecule has 0 aromatic heterocycles. The Morgan fingerprint density at radius 2 is 1.75 bits per heavy atom. The molecule has 20 heavy (non-hydrogen) atoms. The first-order chi connectivity index (χ1) is 9.38. The second-order valence-electron chi connectivity index (χ2n) is 6.83. The summed E-state index contributed by atoms with van der Waals surface area (Å²) in [7, 11) is 0. The van der Waals surface area contributed by atoms with E-state index in [1.165, 1.54) is 23.1 Å². The quantitative estimate of drug-likeness (QED) is 0.910. The summed E-state index contributed by atoms with van der Waals surface area (Å²) in [5.41, 5.74) is 4.83. The van der Waals surface area contributed by atoms with Crippen LogP contribution in [0, 0.1) is 32.6 Å². The largest absolute Gasteiger partial charge is 0.387 e. The lowest BCUT2D eigenvalue weighted by molar-refractivity contribution is 0.0699. The van der Waals surface area contributed by atoms with Crippen molar-refractivity contribution < 1.29 is 5.11 Å². The first-order valence-electron chi connectivity index (χ1n) is 7.86. The number of benzene rings is 1. The maximum atomic E-state index is 10.6. The molecule has 0 amide bonds. The normalized spacial score (nSPS) is 25.7. The number of rotatable bonds is 3. The maximum Gasteiger partial charge on any atom is 0.0922 e. The Morgan fingerprint density at radius 3 is 2.30 bits per heavy atom. The van der Waals surface area contributed by atoms with Crippen molar-refractivity contribution >= 4 is 0 Å². The molecule has 0 aliphatic carbocycles. The van der Waals surface area contributed by atoms with Gasteiger partial charge in [0.1, 0.15) is 0 Å². The van der Waals surface area contributed by atoms with Crippen LogP contribution in [0.4, 0.5) is 0 Å². The first kappa shape index (κ1) is 15.5. The van der Waals surface area contributed by atoms with E-state index in [1.54, 1.807) is 0 Å². The van der Waals surface area contributed by atoms with Gasteiger partial charge >= 0.3 is 0 Å². The van der Waals surface area contributed by atoms with Gasteiger partial charge in [0.25, 0.3) is 0 Å². The van der Waals surface area contributed by atoms with Crippen LogP contribution in [0.1, 0.15) is 48.6 Å². The lowest BCUT2D eigenvalue weighted by Crippen LogP contribution is -2.40. The zero-order chi connectivity index (χ0) is 14.9. The minimum atomic E-state index is -0.365. The number of aryl methyl sites for hydroxylation is 3. The van der Waals surface area contributed by atoms with Crippen molar-refractivity contribution in [3.63, 3.8) is 0 Å². The van der Waals surface area contributed by atoms with Crippen LogP contribution in [-0.2, 0) is 0 Å². The van der Waals surface area contributed by atoms with E-state index in [1.807, 2.05) is 0 Å². The van der Waals surface area contributed by atoms with Gasteiger partial charge in [-0.05, 0) is 62.3 Å². The summed E-state index contributed by atoms with van der Waals surface area (Å²) >= 11 is 0. The monoisotopic (exact) mass is 275 g/mol. The minimum Gasteiger partial charge on any atom is -0.387 e. The Labute approximate surface area is 123 Å². The average molecular weight is 275 g/mol. The maximum absolute atomic E-state index is 10.6. The molecule has 3 atom stereocenters. The molecule has 2 rings (SSSR count). The molecule has 2 heteroatoms. The van der Waals surface area contributed by atoms with Crippen LogP contribution < -0.4 is 0 Å². The number of nitrogens with zero attached hydrogens (tertiary/aromatic N) is 1. The molecule has 3 unspecified atom stereocenters. The number of hydrogen-bond acceptors (Lipinski definition) is 2. The molecule has 1 N–H and O–H groups in total. The zero-order valence-corrected chi connectivity index (χ0v) is 13.6. The summed E-state index contributed by atoms with van der Waals surface area (Å²) in [4.78, 5) is 2.42. The van der Waals surface area contributed by atoms with Gasteiger partial charge in [-0.25, -0.2) is 0 Å². The van der Waals surface area contributed by atoms with Crippen molar-refractivity contribution in [1.82, 2.24) is 4.90 Å². The molecule has 2 nitrogen and oxygen atoms in total. The minimum absolute atomic E-state index is 0.365. The number of likely N-dealkylation sites (tertiary alicyclic amines) is 1. The molecule has 1 aromatic carbocycles. The van der Waals surface area contributed by atoms with Gasteiger partial charge in [-0.2, -0.15) is 0 Å². The van der Waals surface area contributed by atoms with E-state index in [0.29, 0.717) is 0 Å². The standard InChI is InChI=1S/C18H29NO/c1-12-8-14(3)18(15(4)9-12)17(20)11-19-7-6-13(2)16(5)10-19/h8-9,13,16-17,20H,6-7,10-11H2,1-5H3. The van der Waals surface area contributed by atoms with Gasteiger partial charge < -0.3 is 10.0 Å². The molecule has 0 bridgehead atoms. The van der Waals surface area contributed by atoms with Gasteiger partial charge in [-0.1, -0.05) is 31.5 Å². The van der Waals surface area contributed by atoms with Crippen molar-refractivity contribution in [3.05, 3.63) is 34.4 Å². The molecule has 1 aliphatic rings. The fourth-order valence-electron chi connectivity index (χ4n) is 3.57. The van der Waals surface area contributed by atoms with Crippen LogP contribution >= 0.6 is 0 Å². The highest BCUT2D eigenvalue weighted by Crippen LogP contribution is 2.27. The Morgan fingerprint density at radius 1 is 1.15 bits per heavy atom. The van der Waals surface area contributed by atoms with Crippen molar-refractivity contribution in [3.8, 4) is 0 Å². The van der Waals surface area contributed by atoms with E-state index in [9.17, 15) is 5.11 Å². The number of hydrogen-bond donors (Lipinski definition) is 1. The van der Waals surface area contributed by atoms with Gasteiger partial charge in [-0.15, -0.1) is 0 Å². The summed E-state index contributed by atoms with van der Waals surface area (Å²) in [6.07, 6.45) is 0.885. The highest BCUT2D eigenvalue weighted by molar-refractivity contribution is 5.39. The SMILES string of the molecule is Cc1cc(C)c(C(O)CN2CCC(C)C(C)C2)c(C)c1. The van der Waals surface area contributed by atoms with Crippen LogP contribution in [0.25, 0.3) is 0 Å². The molecular weight excluding hydrogens is 246 g/mol. The highest BCUT2D eigenvalue weighted by atomic mass is 16.3. The van der Waals surface area contributed by atoms with Gasteiger partial charge in [-0.3, -0.25) is 0 Å². The second kappa shape index (κ2) is 6.28. The zero-order valence-electron chi connectivity index (χ0n) is 13.6. The summed E-state index contributed by atoms with van der Waals surface area (Å²) in [5, 5.41) is 10.6. The van der Waals surface area contributed by atoms with Crippen molar-refractivity contribution in [2.24, 2.45) is 11.8 Å². The van der Waals surface area contributed by atoms with Crippen LogP contribution in [0.3, 0.4) is 0 Å². The van der Waals surface area contributed by atoms with Crippen molar-refractivity contribution in [1.29, 1.82) is 0 Å². The third-order valence-corrected chi connectivity index (χ3v) is 4.92. The Hall–Kier alpha value is -0.860. The number of piperidine rings is 1. The summed E-state index contributed by atoms with van der Waals surface area (Å²) in [6, 6.07) is 4.35. The van der Waals surface area contributed by atoms with Crippen molar-refractivity contribution in [2.45, 2.75) is 47.1 Å². The molecule has 1 saturated heterocycles. The Kier molecular flexibility index (Phi) is 4.87. The lowest BCUT2D eigenvalue weighted by Gasteiger charge is -2.36. The summed E-state index contributed by atoms with van der Waals surface area (Å²) in [5.74, 6) is 1.54. The van der Waals surface area contributed by atoms with Gasteiger partial charge in [0.2, 0.25) is 0 Å². The predicted molar refractivity (Wildman–Crippen MR) is 85.0 cm³/mol. The van der Waals surface area contributed by atoms with Gasteiger partial charge in [0.05, 0.1) is 6.10 Å². The van der Waals surface area contributed by atoms with Crippen LogP contribution in [0.5, 0.6) is 0 Å². The van der Waals surface area contributed by atoms with E-state index in [-0.39, 0.29) is 6.10 Å². The van der Waals surface area contributed by atoms with E-state index >= 15 is 0 Å². The number of aliphatic hydroxyl groups is 1. The van der Waals surface area contributed by atoms with Crippen LogP contribution in [0.2, 0.25) is 0 Å². The molecule has 0 spiro atoms. The van der Waals surface area contributed by atoms with E-state index in [4.69, 9.17) is 0 Å². The molecule has 1 fully saturated rings. The van der Waals surface area contributed by atoms with Gasteiger partial charge in [0, 0.05) is 13.1 Å². The summed E-state index contributed by atoms with van der Waals surface area (Å²) in [6.45, 7) is 14.0. The van der Waals surface area contributed by atoms with E-state index in [0.717, 1.165) is 37.0 Å². The predicted octanol–water partition coefficient (Wildman–Crippen LogP) is 3.62. The molecular formula is C18H29NO. The molecule has 1 aromatic rings. The Balaban J connectivity index is 2.07. The van der Waals surface area contributed by atoms with Gasteiger partial charge in [0.15, 0.2) is 0 Å². The molecule has 0 radical (unpaired) electrons. The Bertz CT molecular complexity index is 445. The third-order valence-electron chi connectivity index (χ3n) is 4.92. The topological polar surface area (TPSA) is 23.5 Å². The first-order valence-corrected chi connectivity index (χ1v) is 7.86. The fourth-order valence-corrected chi connectivity index (χ4v) is 3.57. The number of β-amino-alcohol motifs (C(OH)–C–C–N with tert-alkyl or cyclic N) is 1. The smallest absolute Gasteiger partial charge is 0.0922 e. The molecule has 112 valence electrons. The molecule has 0 saturated carbocycles. The number of aliphatic hydroxyl groups excluding tert-OH is 1. The van der Waals surface area contributed by atoms with Crippen LogP contribution in [-0.4, -0.2) is 29.6 Å². The molecule has 1 heterocycles. The highest BCUT2D eigenvalue weighted by Gasteiger charge is 2.25. The average Bonchev–Trinajstić information content (AvgIpc) is 2.32. The van der Waals surface area contributed by atoms with Crippen molar-refractivity contribution in [2.75, 3.05) is 19.6 Å². The van der Waals surface area contributed by atoms with Crippen LogP contribution in [0.15, 0.2) is 12.1 Å². The fraction of sp³-hybridized carbons (Fsp3) is 0.667. The lowest BCUT2D eigenvalue weighted by atomic mass is 9.88. The third kappa shape index (κ3) is 3.42.